The van der Waals surface area contributed by atoms with Gasteiger partial charge in [0.1, 0.15) is 26.8 Å². The predicted octanol–water partition coefficient (Wildman–Crippen LogP) is 7.11. The molecule has 5 rings (SSSR count). The Hall–Kier alpha value is -4.04. The Kier molecular flexibility index (Phi) is 7.79. The number of rotatable bonds is 7. The van der Waals surface area contributed by atoms with Gasteiger partial charge < -0.3 is 0 Å². The first-order valence-corrected chi connectivity index (χ1v) is 14.4. The van der Waals surface area contributed by atoms with Crippen LogP contribution in [0.4, 0.5) is 4.39 Å². The Bertz CT molecular complexity index is 1440. The van der Waals surface area contributed by atoms with Crippen LogP contribution in [-0.2, 0) is 0 Å². The second-order valence-electron chi connectivity index (χ2n) is 8.67. The molecule has 0 aliphatic rings. The Morgan fingerprint density at radius 1 is 0.553 bits per heavy atom. The molecule has 0 atom stereocenters. The highest BCUT2D eigenvalue weighted by Gasteiger charge is 2.52. The molecule has 1 N–H and O–H groups in total. The van der Waals surface area contributed by atoms with E-state index in [2.05, 4.69) is 41.7 Å². The van der Waals surface area contributed by atoms with Gasteiger partial charge in [-0.05, 0) is 66.2 Å². The lowest BCUT2D eigenvalue weighted by Crippen LogP contribution is -2.38. The van der Waals surface area contributed by atoms with Gasteiger partial charge in [0.25, 0.3) is 5.91 Å². The summed E-state index contributed by atoms with van der Waals surface area (Å²) in [4.78, 5) is 13.7. The number of benzene rings is 5. The first-order chi connectivity index (χ1) is 18.6. The van der Waals surface area contributed by atoms with E-state index in [4.69, 9.17) is 11.6 Å². The summed E-state index contributed by atoms with van der Waals surface area (Å²) in [5.74, 6) is -0.628. The molecule has 0 radical (unpaired) electrons. The lowest BCUT2D eigenvalue weighted by atomic mass is 10.2. The second-order valence-corrected chi connectivity index (χ2v) is 12.4. The van der Waals surface area contributed by atoms with Crippen LogP contribution in [-0.4, -0.2) is 5.91 Å². The van der Waals surface area contributed by atoms with Crippen molar-refractivity contribution in [3.05, 3.63) is 168 Å². The Morgan fingerprint density at radius 3 is 1.37 bits per heavy atom. The van der Waals surface area contributed by atoms with E-state index < -0.39 is 7.26 Å². The van der Waals surface area contributed by atoms with E-state index in [0.717, 1.165) is 15.9 Å². The average Bonchev–Trinajstić information content (AvgIpc) is 2.99. The molecule has 5 aromatic rings. The topological polar surface area (TPSA) is 29.1 Å². The molecule has 2 nitrogen and oxygen atoms in total. The highest BCUT2D eigenvalue weighted by Crippen LogP contribution is 2.63. The zero-order valence-corrected chi connectivity index (χ0v) is 22.1. The van der Waals surface area contributed by atoms with Crippen molar-refractivity contribution in [2.75, 3.05) is 0 Å². The molecule has 0 heterocycles. The molecule has 0 saturated carbocycles. The fourth-order valence-corrected chi connectivity index (χ4v) is 9.35. The molecule has 186 valence electrons. The van der Waals surface area contributed by atoms with Crippen molar-refractivity contribution >= 4 is 45.7 Å². The van der Waals surface area contributed by atoms with Crippen LogP contribution in [0.2, 0.25) is 0 Å². The van der Waals surface area contributed by atoms with Crippen LogP contribution < -0.4 is 21.2 Å². The van der Waals surface area contributed by atoms with Crippen molar-refractivity contribution in [1.29, 1.82) is 0 Å². The summed E-state index contributed by atoms with van der Waals surface area (Å²) in [6.45, 7) is 0. The molecule has 0 aromatic heterocycles. The molecular weight excluding hydrogens is 512 g/mol. The van der Waals surface area contributed by atoms with E-state index in [1.807, 2.05) is 72.8 Å². The van der Waals surface area contributed by atoms with Gasteiger partial charge in [-0.1, -0.05) is 96.5 Å². The fraction of sp³-hybridized carbons (Fsp3) is 0. The Labute approximate surface area is 227 Å². The van der Waals surface area contributed by atoms with Crippen LogP contribution in [0.5, 0.6) is 0 Å². The number of carbonyl (C=O) groups is 1. The van der Waals surface area contributed by atoms with Crippen LogP contribution in [0.3, 0.4) is 0 Å². The summed E-state index contributed by atoms with van der Waals surface area (Å²) in [6.07, 6.45) is 0. The molecule has 0 fully saturated rings. The van der Waals surface area contributed by atoms with Crippen LogP contribution in [0.15, 0.2) is 151 Å². The van der Waals surface area contributed by atoms with Gasteiger partial charge in [-0.15, -0.1) is 0 Å². The first kappa shape index (κ1) is 25.6. The average molecular weight is 537 g/mol. The molecule has 5 heteroatoms. The third-order valence-electron chi connectivity index (χ3n) is 6.34. The monoisotopic (exact) mass is 536 g/mol. The number of carbonyl (C=O) groups excluding carboxylic acids is 1. The van der Waals surface area contributed by atoms with Crippen LogP contribution >= 0.6 is 18.9 Å². The summed E-state index contributed by atoms with van der Waals surface area (Å²) in [7, 11) is -2.75. The quantitative estimate of drug-likeness (QED) is 0.221. The Balaban J connectivity index is 1.88. The van der Waals surface area contributed by atoms with E-state index in [1.165, 1.54) is 12.1 Å². The van der Waals surface area contributed by atoms with E-state index >= 15 is 0 Å². The largest absolute Gasteiger partial charge is 0.291 e. The predicted molar refractivity (Wildman–Crippen MR) is 158 cm³/mol. The second kappa shape index (κ2) is 11.6. The smallest absolute Gasteiger partial charge is 0.258 e. The molecular formula is C33H25ClFNOP+. The molecule has 0 saturated heterocycles. The van der Waals surface area contributed by atoms with Gasteiger partial charge in [0.05, 0.1) is 0 Å². The van der Waals surface area contributed by atoms with Crippen LogP contribution in [0, 0.1) is 5.82 Å². The maximum atomic E-state index is 13.9. The van der Waals surface area contributed by atoms with Crippen molar-refractivity contribution in [2.45, 2.75) is 0 Å². The van der Waals surface area contributed by atoms with Crippen LogP contribution in [0.1, 0.15) is 15.9 Å². The highest BCUT2D eigenvalue weighted by molar-refractivity contribution is 7.99. The van der Waals surface area contributed by atoms with Gasteiger partial charge in [0, 0.05) is 5.56 Å². The molecule has 0 aliphatic carbocycles. The fourth-order valence-electron chi connectivity index (χ4n) is 4.58. The van der Waals surface area contributed by atoms with E-state index in [0.29, 0.717) is 21.6 Å². The molecule has 0 unspecified atom stereocenters. The molecule has 5 aromatic carbocycles. The molecule has 0 aliphatic heterocycles. The highest BCUT2D eigenvalue weighted by atomic mass is 35.5. The number of hydrogen-bond donors (Lipinski definition) is 1. The number of nitrogens with one attached hydrogen (secondary N) is 1. The Morgan fingerprint density at radius 2 is 0.947 bits per heavy atom. The van der Waals surface area contributed by atoms with E-state index in [1.54, 1.807) is 24.3 Å². The molecule has 0 spiro atoms. The van der Waals surface area contributed by atoms with E-state index in [9.17, 15) is 9.18 Å². The lowest BCUT2D eigenvalue weighted by molar-refractivity contribution is 0.0969. The van der Waals surface area contributed by atoms with Gasteiger partial charge in [-0.25, -0.2) is 4.39 Å². The van der Waals surface area contributed by atoms with Crippen molar-refractivity contribution in [1.82, 2.24) is 5.32 Å². The van der Waals surface area contributed by atoms with Gasteiger partial charge in [-0.3, -0.25) is 10.1 Å². The number of amides is 1. The van der Waals surface area contributed by atoms with Crippen molar-refractivity contribution in [3.63, 3.8) is 0 Å². The summed E-state index contributed by atoms with van der Waals surface area (Å²) >= 11 is 7.26. The standard InChI is InChI=1S/C33H24ClFNOP/c34-31(25-21-23-27(35)24-22-25)33(36-32(37)26-13-5-1-6-14-26)38(28-15-7-2-8-16-28,29-17-9-3-10-18-29)30-19-11-4-12-20-30/h1-24H/p+1/b33-31-. The summed E-state index contributed by atoms with van der Waals surface area (Å²) < 4.78 is 13.9. The zero-order chi connectivity index (χ0) is 26.4. The number of halogens is 2. The number of hydrogen-bond acceptors (Lipinski definition) is 1. The first-order valence-electron chi connectivity index (χ1n) is 12.2. The maximum absolute atomic E-state index is 13.9. The van der Waals surface area contributed by atoms with Gasteiger partial charge in [0.2, 0.25) is 0 Å². The molecule has 0 bridgehead atoms. The van der Waals surface area contributed by atoms with E-state index in [-0.39, 0.29) is 11.7 Å². The van der Waals surface area contributed by atoms with Gasteiger partial charge >= 0.3 is 0 Å². The zero-order valence-electron chi connectivity index (χ0n) is 20.5. The minimum absolute atomic E-state index is 0.270. The minimum atomic E-state index is -2.75. The summed E-state index contributed by atoms with van der Waals surface area (Å²) in [6, 6.07) is 45.5. The lowest BCUT2D eigenvalue weighted by Gasteiger charge is -2.30. The van der Waals surface area contributed by atoms with Gasteiger partial charge in [0.15, 0.2) is 12.7 Å². The maximum Gasteiger partial charge on any atom is 0.258 e. The van der Waals surface area contributed by atoms with Crippen molar-refractivity contribution in [3.8, 4) is 0 Å². The van der Waals surface area contributed by atoms with Gasteiger partial charge in [-0.2, -0.15) is 0 Å². The summed E-state index contributed by atoms with van der Waals surface area (Å²) in [5.41, 5.74) is 1.72. The molecule has 38 heavy (non-hydrogen) atoms. The van der Waals surface area contributed by atoms with Crippen molar-refractivity contribution in [2.24, 2.45) is 0 Å². The third kappa shape index (κ3) is 5.04. The summed E-state index contributed by atoms with van der Waals surface area (Å²) in [5, 5.41) is 6.69. The minimum Gasteiger partial charge on any atom is -0.291 e. The molecule has 1 amide bonds. The van der Waals surface area contributed by atoms with Crippen molar-refractivity contribution < 1.29 is 9.18 Å². The SMILES string of the molecule is O=C(N/C(=C(/Cl)c1ccc(F)cc1)[P+](c1ccccc1)(c1ccccc1)c1ccccc1)c1ccccc1. The van der Waals surface area contributed by atoms with Crippen LogP contribution in [0.25, 0.3) is 5.03 Å². The third-order valence-corrected chi connectivity index (χ3v) is 11.1. The normalized spacial score (nSPS) is 11.9.